The van der Waals surface area contributed by atoms with Crippen molar-refractivity contribution in [2.24, 2.45) is 0 Å². The maximum atomic E-state index is 4.19. The second kappa shape index (κ2) is 5.98. The highest BCUT2D eigenvalue weighted by Gasteiger charge is 2.16. The third-order valence-electron chi connectivity index (χ3n) is 3.52. The molecule has 0 saturated carbocycles. The molecule has 0 fully saturated rings. The highest BCUT2D eigenvalue weighted by atomic mass is 14.9. The number of aryl methyl sites for hydroxylation is 3. The van der Waals surface area contributed by atoms with E-state index in [-0.39, 0.29) is 6.04 Å². The molecule has 100 valence electrons. The Kier molecular flexibility index (Phi) is 4.33. The number of nitrogens with one attached hydrogen (secondary N) is 1. The number of hydrogen-bond acceptors (Lipinski definition) is 2. The maximum Gasteiger partial charge on any atom is 0.0582 e. The molecule has 1 atom stereocenters. The van der Waals surface area contributed by atoms with Crippen molar-refractivity contribution >= 4 is 0 Å². The molecule has 0 saturated heterocycles. The molecule has 1 aromatic carbocycles. The molecule has 0 radical (unpaired) electrons. The van der Waals surface area contributed by atoms with Crippen LogP contribution in [0.3, 0.4) is 0 Å². The monoisotopic (exact) mass is 254 g/mol. The zero-order valence-corrected chi connectivity index (χ0v) is 12.2. The molecule has 0 aliphatic carbocycles. The van der Waals surface area contributed by atoms with Crippen molar-refractivity contribution in [2.45, 2.75) is 33.7 Å². The van der Waals surface area contributed by atoms with E-state index in [0.29, 0.717) is 0 Å². The van der Waals surface area contributed by atoms with E-state index < -0.39 is 0 Å². The number of aromatic nitrogens is 1. The van der Waals surface area contributed by atoms with Gasteiger partial charge in [-0.25, -0.2) is 0 Å². The van der Waals surface area contributed by atoms with Crippen LogP contribution < -0.4 is 5.32 Å². The van der Waals surface area contributed by atoms with Gasteiger partial charge in [-0.05, 0) is 55.6 Å². The summed E-state index contributed by atoms with van der Waals surface area (Å²) in [5.74, 6) is 0. The van der Waals surface area contributed by atoms with Crippen LogP contribution in [0, 0.1) is 20.8 Å². The summed E-state index contributed by atoms with van der Waals surface area (Å²) < 4.78 is 0. The molecule has 1 unspecified atom stereocenters. The molecule has 2 heteroatoms. The smallest absolute Gasteiger partial charge is 0.0582 e. The molecule has 1 aromatic heterocycles. The molecule has 1 heterocycles. The minimum atomic E-state index is 0.244. The van der Waals surface area contributed by atoms with E-state index in [9.17, 15) is 0 Å². The zero-order valence-electron chi connectivity index (χ0n) is 12.2. The van der Waals surface area contributed by atoms with E-state index in [1.54, 1.807) is 0 Å². The quantitative estimate of drug-likeness (QED) is 0.899. The van der Waals surface area contributed by atoms with Crippen LogP contribution >= 0.6 is 0 Å². The van der Waals surface area contributed by atoms with Crippen molar-refractivity contribution < 1.29 is 0 Å². The lowest BCUT2D eigenvalue weighted by Gasteiger charge is -2.22. The first-order valence-electron chi connectivity index (χ1n) is 6.84. The van der Waals surface area contributed by atoms with Gasteiger partial charge in [-0.15, -0.1) is 0 Å². The highest BCUT2D eigenvalue weighted by Crippen LogP contribution is 2.27. The molecular weight excluding hydrogens is 232 g/mol. The van der Waals surface area contributed by atoms with Crippen LogP contribution in [0.2, 0.25) is 0 Å². The standard InChI is InChI=1S/C17H22N2/c1-5-19-17(16-8-9-18-11-14(16)4)15-7-6-12(2)10-13(15)3/h6-11,17,19H,5H2,1-4H3. The van der Waals surface area contributed by atoms with Crippen LogP contribution in [0.25, 0.3) is 0 Å². The molecule has 0 aliphatic heterocycles. The Balaban J connectivity index is 2.48. The molecule has 0 bridgehead atoms. The van der Waals surface area contributed by atoms with Crippen LogP contribution in [0.4, 0.5) is 0 Å². The Morgan fingerprint density at radius 2 is 1.79 bits per heavy atom. The van der Waals surface area contributed by atoms with Crippen LogP contribution in [0.5, 0.6) is 0 Å². The van der Waals surface area contributed by atoms with E-state index in [4.69, 9.17) is 0 Å². The topological polar surface area (TPSA) is 24.9 Å². The first kappa shape index (κ1) is 13.8. The third-order valence-corrected chi connectivity index (χ3v) is 3.52. The maximum absolute atomic E-state index is 4.19. The summed E-state index contributed by atoms with van der Waals surface area (Å²) in [4.78, 5) is 4.19. The van der Waals surface area contributed by atoms with Crippen LogP contribution in [-0.2, 0) is 0 Å². The molecule has 2 rings (SSSR count). The largest absolute Gasteiger partial charge is 0.307 e. The number of rotatable bonds is 4. The predicted molar refractivity (Wildman–Crippen MR) is 80.4 cm³/mol. The van der Waals surface area contributed by atoms with E-state index in [2.05, 4.69) is 62.3 Å². The molecule has 0 amide bonds. The summed E-state index contributed by atoms with van der Waals surface area (Å²) in [6.07, 6.45) is 3.80. The lowest BCUT2D eigenvalue weighted by Crippen LogP contribution is -2.23. The summed E-state index contributed by atoms with van der Waals surface area (Å²) in [6.45, 7) is 9.53. The van der Waals surface area contributed by atoms with Gasteiger partial charge in [0.15, 0.2) is 0 Å². The number of pyridine rings is 1. The van der Waals surface area contributed by atoms with Gasteiger partial charge in [0.1, 0.15) is 0 Å². The van der Waals surface area contributed by atoms with Crippen molar-refractivity contribution in [3.05, 3.63) is 64.5 Å². The SMILES string of the molecule is CCNC(c1ccncc1C)c1ccc(C)cc1C. The van der Waals surface area contributed by atoms with Crippen molar-refractivity contribution in [2.75, 3.05) is 6.54 Å². The van der Waals surface area contributed by atoms with Crippen molar-refractivity contribution in [3.8, 4) is 0 Å². The van der Waals surface area contributed by atoms with E-state index in [0.717, 1.165) is 6.54 Å². The van der Waals surface area contributed by atoms with Gasteiger partial charge in [0.25, 0.3) is 0 Å². The van der Waals surface area contributed by atoms with Gasteiger partial charge in [-0.2, -0.15) is 0 Å². The Bertz CT molecular complexity index is 561. The second-order valence-corrected chi connectivity index (χ2v) is 5.08. The molecule has 2 nitrogen and oxygen atoms in total. The Morgan fingerprint density at radius 3 is 2.42 bits per heavy atom. The number of nitrogens with zero attached hydrogens (tertiary/aromatic N) is 1. The Morgan fingerprint density at radius 1 is 1.05 bits per heavy atom. The van der Waals surface area contributed by atoms with E-state index >= 15 is 0 Å². The fraction of sp³-hybridized carbons (Fsp3) is 0.353. The lowest BCUT2D eigenvalue weighted by molar-refractivity contribution is 0.624. The summed E-state index contributed by atoms with van der Waals surface area (Å²) in [7, 11) is 0. The molecule has 0 spiro atoms. The van der Waals surface area contributed by atoms with Gasteiger partial charge < -0.3 is 5.32 Å². The molecule has 0 aliphatic rings. The number of hydrogen-bond donors (Lipinski definition) is 1. The number of benzene rings is 1. The summed E-state index contributed by atoms with van der Waals surface area (Å²) >= 11 is 0. The third kappa shape index (κ3) is 3.02. The van der Waals surface area contributed by atoms with Gasteiger partial charge in [-0.3, -0.25) is 4.98 Å². The van der Waals surface area contributed by atoms with Crippen molar-refractivity contribution in [1.82, 2.24) is 10.3 Å². The zero-order chi connectivity index (χ0) is 13.8. The Labute approximate surface area is 115 Å². The minimum Gasteiger partial charge on any atom is -0.307 e. The summed E-state index contributed by atoms with van der Waals surface area (Å²) in [6, 6.07) is 9.02. The van der Waals surface area contributed by atoms with Crippen LogP contribution in [-0.4, -0.2) is 11.5 Å². The molecule has 2 aromatic rings. The van der Waals surface area contributed by atoms with E-state index in [1.165, 1.54) is 27.8 Å². The normalized spacial score (nSPS) is 12.4. The minimum absolute atomic E-state index is 0.244. The van der Waals surface area contributed by atoms with Crippen molar-refractivity contribution in [3.63, 3.8) is 0 Å². The van der Waals surface area contributed by atoms with Crippen LogP contribution in [0.1, 0.15) is 40.8 Å². The average Bonchev–Trinajstić information content (AvgIpc) is 2.38. The fourth-order valence-electron chi connectivity index (χ4n) is 2.55. The lowest BCUT2D eigenvalue weighted by atomic mass is 9.92. The van der Waals surface area contributed by atoms with Crippen molar-refractivity contribution in [1.29, 1.82) is 0 Å². The van der Waals surface area contributed by atoms with Gasteiger partial charge in [0.05, 0.1) is 6.04 Å². The fourth-order valence-corrected chi connectivity index (χ4v) is 2.55. The predicted octanol–water partition coefficient (Wildman–Crippen LogP) is 3.71. The highest BCUT2D eigenvalue weighted by molar-refractivity contribution is 5.40. The average molecular weight is 254 g/mol. The van der Waals surface area contributed by atoms with Gasteiger partial charge in [-0.1, -0.05) is 30.7 Å². The molecule has 19 heavy (non-hydrogen) atoms. The summed E-state index contributed by atoms with van der Waals surface area (Å²) in [5, 5.41) is 3.59. The van der Waals surface area contributed by atoms with Gasteiger partial charge in [0.2, 0.25) is 0 Å². The van der Waals surface area contributed by atoms with Gasteiger partial charge in [0, 0.05) is 12.4 Å². The molecule has 1 N–H and O–H groups in total. The first-order chi connectivity index (χ1) is 9.13. The van der Waals surface area contributed by atoms with Gasteiger partial charge >= 0.3 is 0 Å². The summed E-state index contributed by atoms with van der Waals surface area (Å²) in [5.41, 5.74) is 6.53. The van der Waals surface area contributed by atoms with E-state index in [1.807, 2.05) is 12.4 Å². The molecular formula is C17H22N2. The second-order valence-electron chi connectivity index (χ2n) is 5.08. The Hall–Kier alpha value is -1.67. The van der Waals surface area contributed by atoms with Crippen LogP contribution in [0.15, 0.2) is 36.7 Å². The first-order valence-corrected chi connectivity index (χ1v) is 6.84.